The van der Waals surface area contributed by atoms with Crippen LogP contribution in [0.1, 0.15) is 35.1 Å². The maximum atomic E-state index is 12.5. The molecule has 164 valence electrons. The van der Waals surface area contributed by atoms with Crippen LogP contribution in [-0.2, 0) is 17.1 Å². The van der Waals surface area contributed by atoms with Crippen molar-refractivity contribution in [3.8, 4) is 0 Å². The lowest BCUT2D eigenvalue weighted by Crippen LogP contribution is -2.23. The highest BCUT2D eigenvalue weighted by atomic mass is 32.2. The largest absolute Gasteiger partial charge is 0.302 e. The van der Waals surface area contributed by atoms with Gasteiger partial charge in [-0.25, -0.2) is 4.98 Å². The molecule has 0 N–H and O–H groups in total. The van der Waals surface area contributed by atoms with E-state index in [1.165, 1.54) is 22.5 Å². The monoisotopic (exact) mass is 463 g/mol. The molecule has 0 aliphatic heterocycles. The highest BCUT2D eigenvalue weighted by molar-refractivity contribution is 7.98. The van der Waals surface area contributed by atoms with Crippen LogP contribution >= 0.6 is 23.1 Å². The van der Waals surface area contributed by atoms with Gasteiger partial charge >= 0.3 is 0 Å². The number of nitrogens with zero attached hydrogens (tertiary/aromatic N) is 5. The second kappa shape index (κ2) is 9.67. The topological polar surface area (TPSA) is 63.9 Å². The standard InChI is InChI=1S/C24H25N5OS2/c1-16-10-11-22(17(2)12-16)29(19(4)30)23-25-21(14-31-23)15-32-24-27-26-18(3)28(24)13-20-8-6-5-7-9-20/h5-12,14H,13,15H2,1-4H3. The van der Waals surface area contributed by atoms with Gasteiger partial charge in [0.25, 0.3) is 0 Å². The number of aromatic nitrogens is 4. The molecule has 32 heavy (non-hydrogen) atoms. The Kier molecular flexibility index (Phi) is 6.72. The molecule has 0 spiro atoms. The summed E-state index contributed by atoms with van der Waals surface area (Å²) in [4.78, 5) is 18.9. The third-order valence-electron chi connectivity index (χ3n) is 5.07. The number of anilines is 2. The lowest BCUT2D eigenvalue weighted by atomic mass is 10.1. The van der Waals surface area contributed by atoms with E-state index < -0.39 is 0 Å². The molecular formula is C24H25N5OS2. The van der Waals surface area contributed by atoms with Gasteiger partial charge in [0.2, 0.25) is 5.91 Å². The fourth-order valence-electron chi connectivity index (χ4n) is 3.48. The predicted octanol–water partition coefficient (Wildman–Crippen LogP) is 5.69. The second-order valence-corrected chi connectivity index (χ2v) is 9.44. The van der Waals surface area contributed by atoms with Crippen molar-refractivity contribution in [2.45, 2.75) is 45.1 Å². The Morgan fingerprint density at radius 1 is 1.09 bits per heavy atom. The van der Waals surface area contributed by atoms with E-state index in [-0.39, 0.29) is 5.91 Å². The van der Waals surface area contributed by atoms with Crippen LogP contribution in [0.2, 0.25) is 0 Å². The first-order chi connectivity index (χ1) is 15.4. The molecule has 8 heteroatoms. The van der Waals surface area contributed by atoms with Crippen LogP contribution in [0.4, 0.5) is 10.8 Å². The maximum absolute atomic E-state index is 12.5. The van der Waals surface area contributed by atoms with Gasteiger partial charge in [-0.1, -0.05) is 59.8 Å². The molecule has 0 bridgehead atoms. The van der Waals surface area contributed by atoms with Crippen molar-refractivity contribution in [3.05, 3.63) is 82.1 Å². The fraction of sp³-hybridized carbons (Fsp3) is 0.250. The molecule has 1 amide bonds. The Morgan fingerprint density at radius 2 is 1.88 bits per heavy atom. The second-order valence-electron chi connectivity index (χ2n) is 7.66. The van der Waals surface area contributed by atoms with Crippen molar-refractivity contribution in [3.63, 3.8) is 0 Å². The smallest absolute Gasteiger partial charge is 0.230 e. The molecule has 4 rings (SSSR count). The summed E-state index contributed by atoms with van der Waals surface area (Å²) in [6, 6.07) is 16.4. The number of thiazole rings is 1. The summed E-state index contributed by atoms with van der Waals surface area (Å²) < 4.78 is 2.12. The van der Waals surface area contributed by atoms with Crippen LogP contribution in [-0.4, -0.2) is 25.7 Å². The number of aryl methyl sites for hydroxylation is 3. The zero-order valence-electron chi connectivity index (χ0n) is 18.6. The Bertz CT molecular complexity index is 1230. The number of thioether (sulfide) groups is 1. The number of amides is 1. The molecule has 0 aliphatic carbocycles. The number of hydrogen-bond acceptors (Lipinski definition) is 6. The predicted molar refractivity (Wildman–Crippen MR) is 131 cm³/mol. The highest BCUT2D eigenvalue weighted by Gasteiger charge is 2.20. The van der Waals surface area contributed by atoms with Crippen molar-refractivity contribution in [2.75, 3.05) is 4.90 Å². The number of benzene rings is 2. The normalized spacial score (nSPS) is 11.0. The number of hydrogen-bond donors (Lipinski definition) is 0. The summed E-state index contributed by atoms with van der Waals surface area (Å²) in [5, 5.41) is 12.2. The van der Waals surface area contributed by atoms with E-state index in [0.717, 1.165) is 34.5 Å². The summed E-state index contributed by atoms with van der Waals surface area (Å²) >= 11 is 3.08. The molecule has 0 unspecified atom stereocenters. The summed E-state index contributed by atoms with van der Waals surface area (Å²) in [6.07, 6.45) is 0. The number of rotatable bonds is 7. The van der Waals surface area contributed by atoms with Gasteiger partial charge in [-0.05, 0) is 38.0 Å². The first-order valence-corrected chi connectivity index (χ1v) is 12.2. The molecule has 0 aliphatic rings. The molecule has 4 aromatic rings. The molecule has 2 heterocycles. The first kappa shape index (κ1) is 22.2. The minimum atomic E-state index is -0.0521. The molecule has 0 fully saturated rings. The quantitative estimate of drug-likeness (QED) is 0.330. The van der Waals surface area contributed by atoms with E-state index >= 15 is 0 Å². The summed E-state index contributed by atoms with van der Waals surface area (Å²) in [5.41, 5.74) is 5.21. The first-order valence-electron chi connectivity index (χ1n) is 10.3. The average Bonchev–Trinajstić information content (AvgIpc) is 3.36. The number of carbonyl (C=O) groups is 1. The lowest BCUT2D eigenvalue weighted by Gasteiger charge is -2.20. The van der Waals surface area contributed by atoms with Crippen LogP contribution in [0, 0.1) is 20.8 Å². The van der Waals surface area contributed by atoms with Crippen LogP contribution in [0.5, 0.6) is 0 Å². The van der Waals surface area contributed by atoms with Crippen LogP contribution in [0.3, 0.4) is 0 Å². The van der Waals surface area contributed by atoms with Gasteiger partial charge in [-0.3, -0.25) is 9.69 Å². The fourth-order valence-corrected chi connectivity index (χ4v) is 5.34. The average molecular weight is 464 g/mol. The molecule has 0 atom stereocenters. The van der Waals surface area contributed by atoms with Gasteiger partial charge in [0.1, 0.15) is 5.82 Å². The zero-order chi connectivity index (χ0) is 22.7. The van der Waals surface area contributed by atoms with Crippen molar-refractivity contribution in [1.29, 1.82) is 0 Å². The SMILES string of the molecule is CC(=O)N(c1nc(CSc2nnc(C)n2Cc2ccccc2)cs1)c1ccc(C)cc1C. The van der Waals surface area contributed by atoms with Crippen LogP contribution < -0.4 is 4.90 Å². The van der Waals surface area contributed by atoms with Crippen molar-refractivity contribution in [1.82, 2.24) is 19.7 Å². The Labute approximate surface area is 196 Å². The Morgan fingerprint density at radius 3 is 2.59 bits per heavy atom. The summed E-state index contributed by atoms with van der Waals surface area (Å²) in [6.45, 7) is 8.34. The molecule has 2 aromatic carbocycles. The summed E-state index contributed by atoms with van der Waals surface area (Å²) in [5.74, 6) is 1.49. The van der Waals surface area contributed by atoms with Crippen LogP contribution in [0.25, 0.3) is 0 Å². The van der Waals surface area contributed by atoms with Gasteiger partial charge in [0, 0.05) is 18.1 Å². The van der Waals surface area contributed by atoms with Gasteiger partial charge in [-0.2, -0.15) is 0 Å². The van der Waals surface area contributed by atoms with E-state index in [0.29, 0.717) is 10.9 Å². The highest BCUT2D eigenvalue weighted by Crippen LogP contribution is 2.33. The molecule has 2 aromatic heterocycles. The zero-order valence-corrected chi connectivity index (χ0v) is 20.2. The minimum absolute atomic E-state index is 0.0521. The molecule has 0 radical (unpaired) electrons. The third-order valence-corrected chi connectivity index (χ3v) is 6.95. The summed E-state index contributed by atoms with van der Waals surface area (Å²) in [7, 11) is 0. The third kappa shape index (κ3) is 4.92. The van der Waals surface area contributed by atoms with Crippen molar-refractivity contribution < 1.29 is 4.79 Å². The molecule has 0 saturated heterocycles. The maximum Gasteiger partial charge on any atom is 0.230 e. The van der Waals surface area contributed by atoms with Crippen molar-refractivity contribution >= 4 is 39.8 Å². The van der Waals surface area contributed by atoms with Gasteiger partial charge in [-0.15, -0.1) is 21.5 Å². The van der Waals surface area contributed by atoms with Gasteiger partial charge < -0.3 is 4.57 Å². The lowest BCUT2D eigenvalue weighted by molar-refractivity contribution is -0.115. The van der Waals surface area contributed by atoms with Gasteiger partial charge in [0.15, 0.2) is 10.3 Å². The van der Waals surface area contributed by atoms with Crippen LogP contribution in [0.15, 0.2) is 59.1 Å². The minimum Gasteiger partial charge on any atom is -0.302 e. The van der Waals surface area contributed by atoms with E-state index in [9.17, 15) is 4.79 Å². The van der Waals surface area contributed by atoms with Crippen molar-refractivity contribution in [2.24, 2.45) is 0 Å². The Balaban J connectivity index is 1.51. The van der Waals surface area contributed by atoms with Gasteiger partial charge in [0.05, 0.1) is 17.9 Å². The van der Waals surface area contributed by atoms with E-state index in [1.807, 2.05) is 56.5 Å². The van der Waals surface area contributed by atoms with E-state index in [2.05, 4.69) is 33.0 Å². The molecular weight excluding hydrogens is 438 g/mol. The number of carbonyl (C=O) groups excluding carboxylic acids is 1. The van der Waals surface area contributed by atoms with E-state index in [1.54, 1.807) is 23.6 Å². The Hall–Kier alpha value is -2.97. The molecule has 0 saturated carbocycles. The van der Waals surface area contributed by atoms with E-state index in [4.69, 9.17) is 4.98 Å². The molecule has 6 nitrogen and oxygen atoms in total.